The molecular formula is C76H75BCd2N3O-. The molecule has 4 nitrogen and oxygen atoms in total. The summed E-state index contributed by atoms with van der Waals surface area (Å²) in [7, 11) is 0. The zero-order chi connectivity index (χ0) is 56.3. The normalized spacial score (nSPS) is 18.8. The SMILES string of the molecule is CC(C)(C)C1=CC2=C3B(C4=C([CH-]C=c5c(c6cc(C(C)(C)C)ccc6n5C5C=CC=CC5)=C4)N(c4[c-]cc(C(C)(C)C)c[c-]4)C3=CC1)c1cc3c(cc1N2c1ccc(-c2cccc4c2oc2ccccc24)cc1)C(C)(C)CCC3(C)C.[Cd+2].[Cd]. The summed E-state index contributed by atoms with van der Waals surface area (Å²) in [6.45, 7) is 30.9. The molecule has 0 amide bonds. The van der Waals surface area contributed by atoms with E-state index in [1.54, 1.807) is 0 Å². The fourth-order valence-corrected chi connectivity index (χ4v) is 14.2. The number of nitrogens with zero attached hydrogens (tertiary/aromatic N) is 3. The third kappa shape index (κ3) is 9.41. The second kappa shape index (κ2) is 20.4. The molecule has 0 radical (unpaired) electrons. The molecule has 83 heavy (non-hydrogen) atoms. The van der Waals surface area contributed by atoms with Crippen LogP contribution in [0, 0.1) is 24.0 Å². The number of anilines is 3. The fraction of sp³-hybridized carbons (Fsp3) is 0.303. The summed E-state index contributed by atoms with van der Waals surface area (Å²) in [6, 6.07) is 49.3. The number of aromatic nitrogens is 1. The van der Waals surface area contributed by atoms with Gasteiger partial charge in [0.2, 0.25) is 0 Å². The molecule has 6 aromatic carbocycles. The summed E-state index contributed by atoms with van der Waals surface area (Å²) in [6.07, 6.45) is 25.8. The molecule has 8 aromatic rings. The maximum absolute atomic E-state index is 6.65. The number of para-hydroxylation sites is 2. The van der Waals surface area contributed by atoms with Gasteiger partial charge in [0.05, 0.1) is 0 Å². The van der Waals surface area contributed by atoms with Crippen molar-refractivity contribution in [1.29, 1.82) is 0 Å². The fourth-order valence-electron chi connectivity index (χ4n) is 14.2. The summed E-state index contributed by atoms with van der Waals surface area (Å²) >= 11 is 0. The first-order valence-electron chi connectivity index (χ1n) is 29.7. The minimum atomic E-state index is -0.116. The smallest absolute Gasteiger partial charge is 0.455 e. The van der Waals surface area contributed by atoms with Crippen LogP contribution in [0.1, 0.15) is 144 Å². The Morgan fingerprint density at radius 1 is 0.699 bits per heavy atom. The Bertz CT molecular complexity index is 4320. The van der Waals surface area contributed by atoms with Crippen molar-refractivity contribution >= 4 is 74.2 Å². The summed E-state index contributed by atoms with van der Waals surface area (Å²) in [5, 5.41) is 6.11. The van der Waals surface area contributed by atoms with Crippen molar-refractivity contribution in [3.05, 3.63) is 231 Å². The summed E-state index contributed by atoms with van der Waals surface area (Å²) < 4.78 is 9.27. The first-order valence-corrected chi connectivity index (χ1v) is 29.7. The first-order chi connectivity index (χ1) is 38.5. The van der Waals surface area contributed by atoms with Crippen molar-refractivity contribution < 1.29 is 59.0 Å². The first kappa shape index (κ1) is 57.6. The van der Waals surface area contributed by atoms with E-state index in [1.807, 2.05) is 0 Å². The van der Waals surface area contributed by atoms with Gasteiger partial charge in [-0.15, -0.1) is 29.5 Å². The van der Waals surface area contributed by atoms with Crippen molar-refractivity contribution in [1.82, 2.24) is 4.57 Å². The van der Waals surface area contributed by atoms with Crippen LogP contribution in [0.25, 0.3) is 56.1 Å². The number of fused-ring (bicyclic) bond motifs is 10. The number of furan rings is 1. The van der Waals surface area contributed by atoms with Gasteiger partial charge in [0.15, 0.2) is 6.71 Å². The van der Waals surface area contributed by atoms with E-state index in [1.165, 1.54) is 88.5 Å². The second-order valence-corrected chi connectivity index (χ2v) is 28.4. The van der Waals surface area contributed by atoms with E-state index in [0.717, 1.165) is 70.1 Å². The van der Waals surface area contributed by atoms with Crippen molar-refractivity contribution in [3.8, 4) is 11.1 Å². The molecule has 14 rings (SSSR count). The van der Waals surface area contributed by atoms with Gasteiger partial charge in [-0.05, 0) is 128 Å². The third-order valence-electron chi connectivity index (χ3n) is 19.1. The van der Waals surface area contributed by atoms with Gasteiger partial charge in [-0.25, -0.2) is 5.69 Å². The standard InChI is InChI=1S/C76H75BN3O.2Cd/c1-72(2,3)48-28-34-53(35-29-48)79-65-39-38-64-58(57-42-49(73(4,5)6)30-36-63(57)78(64)51-20-15-14-16-21-51)44-61(65)77-62-45-59-60(76(12,13)41-40-75(59,10)11)46-67(62)80(68-43-50(74(7,8)9)31-37-66(79)70(68)77)52-32-26-47(27-33-52)54-23-19-24-56-55-22-17-18-25-69(55)81-71(54)56;;/h14-20,22-30,32-33,36-39,42-46,51H,21,31,40-41H2,1-13H3;;/q-3;;+2. The molecule has 1 atom stereocenters. The van der Waals surface area contributed by atoms with Gasteiger partial charge < -0.3 is 30.9 Å². The number of rotatable bonds is 4. The van der Waals surface area contributed by atoms with Crippen LogP contribution in [-0.2, 0) is 76.3 Å². The largest absolute Gasteiger partial charge is 2.00 e. The van der Waals surface area contributed by atoms with Crippen LogP contribution >= 0.6 is 0 Å². The number of hydrogen-bond donors (Lipinski definition) is 0. The van der Waals surface area contributed by atoms with Crippen molar-refractivity contribution in [2.75, 3.05) is 9.80 Å². The van der Waals surface area contributed by atoms with Gasteiger partial charge in [-0.2, -0.15) is 0 Å². The Morgan fingerprint density at radius 2 is 1.40 bits per heavy atom. The molecule has 0 fully saturated rings. The van der Waals surface area contributed by atoms with Gasteiger partial charge in [0.25, 0.3) is 0 Å². The van der Waals surface area contributed by atoms with Crippen LogP contribution in [0.2, 0.25) is 0 Å². The van der Waals surface area contributed by atoms with E-state index < -0.39 is 0 Å². The van der Waals surface area contributed by atoms with Crippen LogP contribution in [0.5, 0.6) is 0 Å². The average molecular weight is 1280 g/mol. The number of hydrogen-bond acceptors (Lipinski definition) is 3. The molecular weight excluding hydrogens is 1210 g/mol. The maximum atomic E-state index is 6.65. The third-order valence-corrected chi connectivity index (χ3v) is 19.1. The predicted molar refractivity (Wildman–Crippen MR) is 343 cm³/mol. The molecule has 0 spiro atoms. The summed E-state index contributed by atoms with van der Waals surface area (Å²) in [4.78, 5) is 5.19. The van der Waals surface area contributed by atoms with Gasteiger partial charge >= 0.3 is 27.3 Å². The molecule has 0 N–H and O–H groups in total. The molecule has 0 saturated heterocycles. The van der Waals surface area contributed by atoms with Crippen molar-refractivity contribution in [3.63, 3.8) is 0 Å². The number of allylic oxidation sites excluding steroid dienone is 10. The molecule has 7 heteroatoms. The molecule has 408 valence electrons. The Kier molecular flexibility index (Phi) is 14.2. The quantitative estimate of drug-likeness (QED) is 0.130. The van der Waals surface area contributed by atoms with E-state index in [4.69, 9.17) is 4.42 Å². The summed E-state index contributed by atoms with van der Waals surface area (Å²) in [5.41, 5.74) is 22.9. The molecule has 4 heterocycles. The van der Waals surface area contributed by atoms with Crippen molar-refractivity contribution in [2.45, 2.75) is 143 Å². The predicted octanol–water partition coefficient (Wildman–Crippen LogP) is 17.5. The van der Waals surface area contributed by atoms with Gasteiger partial charge in [-0.1, -0.05) is 203 Å². The Morgan fingerprint density at radius 3 is 2.08 bits per heavy atom. The van der Waals surface area contributed by atoms with E-state index in [9.17, 15) is 0 Å². The average Bonchev–Trinajstić information content (AvgIpc) is 2.18. The molecule has 0 saturated carbocycles. The van der Waals surface area contributed by atoms with Crippen LogP contribution in [-0.4, -0.2) is 11.3 Å². The number of benzene rings is 6. The van der Waals surface area contributed by atoms with Crippen molar-refractivity contribution in [2.24, 2.45) is 5.41 Å². The molecule has 6 aliphatic rings. The zero-order valence-corrected chi connectivity index (χ0v) is 59.3. The Hall–Kier alpha value is -5.78. The maximum Gasteiger partial charge on any atom is 2.00 e. The second-order valence-electron chi connectivity index (χ2n) is 28.4. The van der Waals surface area contributed by atoms with Crippen LogP contribution < -0.4 is 25.8 Å². The monoisotopic (exact) mass is 1280 g/mol. The van der Waals surface area contributed by atoms with Gasteiger partial charge in [-0.3, -0.25) is 17.7 Å². The van der Waals surface area contributed by atoms with E-state index in [0.29, 0.717) is 0 Å². The molecule has 2 aromatic heterocycles. The van der Waals surface area contributed by atoms with E-state index in [-0.39, 0.29) is 94.4 Å². The molecule has 1 unspecified atom stereocenters. The van der Waals surface area contributed by atoms with Crippen LogP contribution in [0.4, 0.5) is 17.1 Å². The van der Waals surface area contributed by atoms with Gasteiger partial charge in [0, 0.05) is 78.0 Å². The minimum absolute atomic E-state index is 0. The molecule has 0 bridgehead atoms. The van der Waals surface area contributed by atoms with Crippen LogP contribution in [0.3, 0.4) is 0 Å². The Balaban J connectivity index is 0.00000340. The topological polar surface area (TPSA) is 24.6 Å². The molecule has 4 aliphatic carbocycles. The summed E-state index contributed by atoms with van der Waals surface area (Å²) in [5.74, 6) is 0. The van der Waals surface area contributed by atoms with Gasteiger partial charge in [0.1, 0.15) is 11.2 Å². The minimum Gasteiger partial charge on any atom is -0.455 e. The molecule has 2 aliphatic heterocycles. The van der Waals surface area contributed by atoms with E-state index in [2.05, 4.69) is 281 Å². The van der Waals surface area contributed by atoms with E-state index >= 15 is 0 Å². The zero-order valence-electron chi connectivity index (χ0n) is 51.2. The van der Waals surface area contributed by atoms with Crippen LogP contribution in [0.15, 0.2) is 184 Å². The Labute approximate surface area is 533 Å².